The molecule has 14 nitrogen and oxygen atoms in total. The highest BCUT2D eigenvalue weighted by Gasteiger charge is 2.11. The first kappa shape index (κ1) is 25.5. The second-order valence-electron chi connectivity index (χ2n) is 7.80. The Hall–Kier alpha value is -6.18. The maximum Gasteiger partial charge on any atom is 0.390 e. The quantitative estimate of drug-likeness (QED) is 0.144. The fourth-order valence-corrected chi connectivity index (χ4v) is 3.20. The van der Waals surface area contributed by atoms with Gasteiger partial charge in [-0.15, -0.1) is 0 Å². The number of hydrogen-bond acceptors (Lipinski definition) is 12. The van der Waals surface area contributed by atoms with Crippen molar-refractivity contribution in [2.75, 3.05) is 0 Å². The molecule has 198 valence electrons. The summed E-state index contributed by atoms with van der Waals surface area (Å²) in [5, 5.41) is 35.7. The van der Waals surface area contributed by atoms with Gasteiger partial charge in [0, 0.05) is 40.5 Å². The molecule has 2 aromatic heterocycles. The van der Waals surface area contributed by atoms with Crippen molar-refractivity contribution in [2.45, 2.75) is 0 Å². The van der Waals surface area contributed by atoms with Crippen molar-refractivity contribution in [3.63, 3.8) is 0 Å². The monoisotopic (exact) mass is 540 g/mol. The van der Waals surface area contributed by atoms with Gasteiger partial charge in [-0.2, -0.15) is 0 Å². The molecule has 0 spiro atoms. The molecule has 0 N–H and O–H groups in total. The lowest BCUT2D eigenvalue weighted by Gasteiger charge is -2.10. The smallest absolute Gasteiger partial charge is 0.390 e. The van der Waals surface area contributed by atoms with Gasteiger partial charge in [0.2, 0.25) is 0 Å². The molecule has 0 radical (unpaired) electrons. The molecule has 5 rings (SSSR count). The van der Waals surface area contributed by atoms with E-state index in [1.54, 1.807) is 72.8 Å². The van der Waals surface area contributed by atoms with Crippen LogP contribution in [0, 0.1) is 20.2 Å². The summed E-state index contributed by atoms with van der Waals surface area (Å²) in [6.07, 6.45) is 0. The van der Waals surface area contributed by atoms with E-state index < -0.39 is 9.85 Å². The zero-order valence-corrected chi connectivity index (χ0v) is 20.2. The van der Waals surface area contributed by atoms with Crippen molar-refractivity contribution in [3.05, 3.63) is 117 Å². The maximum atomic E-state index is 10.7. The van der Waals surface area contributed by atoms with Crippen molar-refractivity contribution in [3.8, 4) is 46.3 Å². The molecule has 14 heteroatoms. The van der Waals surface area contributed by atoms with Gasteiger partial charge in [-0.25, -0.2) is 0 Å². The fraction of sp³-hybridized carbons (Fsp3) is 0. The Morgan fingerprint density at radius 2 is 0.825 bits per heavy atom. The van der Waals surface area contributed by atoms with Gasteiger partial charge in [-0.1, -0.05) is 6.07 Å². The van der Waals surface area contributed by atoms with Gasteiger partial charge < -0.3 is 39.2 Å². The molecule has 2 heterocycles. The van der Waals surface area contributed by atoms with Gasteiger partial charge in [0.25, 0.3) is 11.8 Å². The van der Waals surface area contributed by atoms with Gasteiger partial charge in [0.1, 0.15) is 34.5 Å². The highest BCUT2D eigenvalue weighted by atomic mass is 16.6. The minimum atomic E-state index is -0.644. The lowest BCUT2D eigenvalue weighted by atomic mass is 10.3. The lowest BCUT2D eigenvalue weighted by molar-refractivity contribution is -0.390. The highest BCUT2D eigenvalue weighted by Crippen LogP contribution is 2.31. The van der Waals surface area contributed by atoms with Crippen LogP contribution in [-0.4, -0.2) is 30.2 Å². The van der Waals surface area contributed by atoms with Gasteiger partial charge >= 0.3 is 11.6 Å². The molecule has 3 aromatic carbocycles. The summed E-state index contributed by atoms with van der Waals surface area (Å²) in [6, 6.07) is 25.5. The van der Waals surface area contributed by atoms with E-state index in [9.17, 15) is 20.2 Å². The van der Waals surface area contributed by atoms with Crippen LogP contribution in [0.4, 0.5) is 11.6 Å². The van der Waals surface area contributed by atoms with E-state index in [1.807, 2.05) is 0 Å². The first-order chi connectivity index (χ1) is 19.4. The first-order valence-electron chi connectivity index (χ1n) is 11.4. The number of ether oxygens (including phenoxy) is 4. The minimum Gasteiger partial charge on any atom is -0.457 e. The van der Waals surface area contributed by atoms with Crippen LogP contribution in [0.15, 0.2) is 97.1 Å². The summed E-state index contributed by atoms with van der Waals surface area (Å²) in [7, 11) is 0. The minimum absolute atomic E-state index is 0.101. The largest absolute Gasteiger partial charge is 0.457 e. The molecule has 0 unspecified atom stereocenters. The molecule has 40 heavy (non-hydrogen) atoms. The molecule has 5 aromatic rings. The predicted molar refractivity (Wildman–Crippen MR) is 137 cm³/mol. The maximum absolute atomic E-state index is 10.7. The standard InChI is InChI=1S/C26H16N6O8/c33-31(34)23-12-14-25(29-27-23)39-20-10-8-18(9-11-20)37-17-4-6-19(7-5-17)38-21-2-1-3-22(16-21)40-26-15-13-24(28-30-26)32(35)36/h1-16H. The fourth-order valence-electron chi connectivity index (χ4n) is 3.20. The van der Waals surface area contributed by atoms with Gasteiger partial charge in [0.15, 0.2) is 0 Å². The Kier molecular flexibility index (Phi) is 7.30. The van der Waals surface area contributed by atoms with E-state index in [2.05, 4.69) is 20.4 Å². The van der Waals surface area contributed by atoms with Gasteiger partial charge in [0.05, 0.1) is 10.2 Å². The SMILES string of the molecule is O=[N+]([O-])c1ccc(Oc2ccc(Oc3ccc(Oc4cccc(Oc5ccc([N+](=O)[O-])nn5)c4)cc3)cc2)nn1. The molecule has 0 atom stereocenters. The molecule has 0 fully saturated rings. The highest BCUT2D eigenvalue weighted by molar-refractivity contribution is 5.41. The number of aromatic nitrogens is 4. The molecule has 0 saturated carbocycles. The van der Waals surface area contributed by atoms with Gasteiger partial charge in [-0.05, 0) is 70.5 Å². The summed E-state index contributed by atoms with van der Waals surface area (Å²) >= 11 is 0. The van der Waals surface area contributed by atoms with Crippen LogP contribution in [0.5, 0.6) is 46.3 Å². The molecule has 0 amide bonds. The Balaban J connectivity index is 1.16. The third-order valence-electron chi connectivity index (χ3n) is 5.00. The van der Waals surface area contributed by atoms with Crippen LogP contribution in [-0.2, 0) is 0 Å². The van der Waals surface area contributed by atoms with Crippen LogP contribution < -0.4 is 18.9 Å². The predicted octanol–water partition coefficient (Wildman–Crippen LogP) is 6.25. The molecule has 0 bridgehead atoms. The molecular weight excluding hydrogens is 524 g/mol. The zero-order valence-electron chi connectivity index (χ0n) is 20.2. The van der Waals surface area contributed by atoms with Crippen molar-refractivity contribution in [1.29, 1.82) is 0 Å². The average molecular weight is 540 g/mol. The molecule has 0 aliphatic carbocycles. The van der Waals surface area contributed by atoms with E-state index in [-0.39, 0.29) is 23.4 Å². The summed E-state index contributed by atoms with van der Waals surface area (Å²) in [4.78, 5) is 20.1. The molecule has 0 aliphatic heterocycles. The van der Waals surface area contributed by atoms with Crippen molar-refractivity contribution in [2.24, 2.45) is 0 Å². The average Bonchev–Trinajstić information content (AvgIpc) is 2.96. The van der Waals surface area contributed by atoms with Crippen molar-refractivity contribution >= 4 is 11.6 Å². The van der Waals surface area contributed by atoms with Crippen molar-refractivity contribution < 1.29 is 28.8 Å². The number of benzene rings is 3. The Morgan fingerprint density at radius 3 is 1.23 bits per heavy atom. The Bertz CT molecular complexity index is 1630. The molecule has 0 saturated heterocycles. The molecular formula is C26H16N6O8. The van der Waals surface area contributed by atoms with Crippen LogP contribution >= 0.6 is 0 Å². The molecule has 0 aliphatic rings. The van der Waals surface area contributed by atoms with E-state index in [0.717, 1.165) is 0 Å². The Morgan fingerprint density at radius 1 is 0.450 bits per heavy atom. The second-order valence-corrected chi connectivity index (χ2v) is 7.80. The number of nitro groups is 2. The van der Waals surface area contributed by atoms with Crippen LogP contribution in [0.3, 0.4) is 0 Å². The van der Waals surface area contributed by atoms with Crippen LogP contribution in [0.25, 0.3) is 0 Å². The summed E-state index contributed by atoms with van der Waals surface area (Å²) < 4.78 is 22.9. The normalized spacial score (nSPS) is 10.4. The van der Waals surface area contributed by atoms with E-state index >= 15 is 0 Å². The topological polar surface area (TPSA) is 175 Å². The van der Waals surface area contributed by atoms with E-state index in [4.69, 9.17) is 18.9 Å². The van der Waals surface area contributed by atoms with Crippen LogP contribution in [0.1, 0.15) is 0 Å². The Labute approximate surface area is 224 Å². The number of nitrogens with zero attached hydrogens (tertiary/aromatic N) is 6. The summed E-state index contributed by atoms with van der Waals surface area (Å²) in [6.45, 7) is 0. The number of rotatable bonds is 10. The van der Waals surface area contributed by atoms with Gasteiger partial charge in [-0.3, -0.25) is 0 Å². The third kappa shape index (κ3) is 6.57. The first-order valence-corrected chi connectivity index (χ1v) is 11.4. The van der Waals surface area contributed by atoms with E-state index in [1.165, 1.54) is 24.3 Å². The van der Waals surface area contributed by atoms with E-state index in [0.29, 0.717) is 34.5 Å². The number of hydrogen-bond donors (Lipinski definition) is 0. The summed E-state index contributed by atoms with van der Waals surface area (Å²) in [5.74, 6) is 2.49. The third-order valence-corrected chi connectivity index (χ3v) is 5.00. The van der Waals surface area contributed by atoms with Crippen molar-refractivity contribution in [1.82, 2.24) is 20.4 Å². The zero-order chi connectivity index (χ0) is 27.9. The van der Waals surface area contributed by atoms with Crippen LogP contribution in [0.2, 0.25) is 0 Å². The second kappa shape index (κ2) is 11.5. The summed E-state index contributed by atoms with van der Waals surface area (Å²) in [5.41, 5.74) is 0. The lowest BCUT2D eigenvalue weighted by Crippen LogP contribution is -1.96.